The molecule has 0 saturated heterocycles. The molecule has 0 aliphatic carbocycles. The Hall–Kier alpha value is -2.35. The smallest absolute Gasteiger partial charge is 0.324 e. The Kier molecular flexibility index (Phi) is 3.73. The lowest BCUT2D eigenvalue weighted by molar-refractivity contribution is -0.184. The predicted molar refractivity (Wildman–Crippen MR) is 70.8 cm³/mol. The van der Waals surface area contributed by atoms with Crippen LogP contribution in [0.2, 0.25) is 0 Å². The third kappa shape index (κ3) is 3.05. The number of amides is 1. The molecule has 0 aliphatic rings. The topological polar surface area (TPSA) is 72.9 Å². The molecular formula is C13H13F3N4O. The largest absolute Gasteiger partial charge is 0.415 e. The van der Waals surface area contributed by atoms with Crippen molar-refractivity contribution in [3.63, 3.8) is 0 Å². The van der Waals surface area contributed by atoms with Crippen LogP contribution in [-0.2, 0) is 4.79 Å². The van der Waals surface area contributed by atoms with Crippen LogP contribution >= 0.6 is 0 Å². The minimum atomic E-state index is -4.84. The fourth-order valence-electron chi connectivity index (χ4n) is 1.54. The van der Waals surface area contributed by atoms with Crippen molar-refractivity contribution in [2.45, 2.75) is 18.6 Å². The Bertz CT molecular complexity index is 635. The van der Waals surface area contributed by atoms with Crippen molar-refractivity contribution in [2.24, 2.45) is 5.73 Å². The van der Waals surface area contributed by atoms with Gasteiger partial charge in [-0.3, -0.25) is 4.79 Å². The van der Waals surface area contributed by atoms with Gasteiger partial charge in [-0.2, -0.15) is 18.3 Å². The zero-order valence-electron chi connectivity index (χ0n) is 11.1. The average molecular weight is 298 g/mol. The van der Waals surface area contributed by atoms with Crippen LogP contribution in [0.15, 0.2) is 42.7 Å². The van der Waals surface area contributed by atoms with E-state index in [9.17, 15) is 18.0 Å². The third-order valence-electron chi connectivity index (χ3n) is 2.93. The van der Waals surface area contributed by atoms with Crippen molar-refractivity contribution in [1.29, 1.82) is 0 Å². The lowest BCUT2D eigenvalue weighted by Crippen LogP contribution is -2.59. The lowest BCUT2D eigenvalue weighted by atomic mass is 10.0. The SMILES string of the molecule is CC(N)(C(=O)Nc1cccc(-n2cccn2)c1)C(F)(F)F. The molecule has 0 bridgehead atoms. The molecule has 1 aromatic carbocycles. The van der Waals surface area contributed by atoms with Crippen molar-refractivity contribution in [2.75, 3.05) is 5.32 Å². The number of carbonyl (C=O) groups is 1. The average Bonchev–Trinajstić information content (AvgIpc) is 2.91. The minimum Gasteiger partial charge on any atom is -0.324 e. The van der Waals surface area contributed by atoms with Crippen molar-refractivity contribution < 1.29 is 18.0 Å². The Morgan fingerprint density at radius 2 is 2.05 bits per heavy atom. The Balaban J connectivity index is 2.21. The maximum absolute atomic E-state index is 12.7. The second kappa shape index (κ2) is 5.21. The number of aromatic nitrogens is 2. The van der Waals surface area contributed by atoms with Crippen molar-refractivity contribution in [1.82, 2.24) is 9.78 Å². The van der Waals surface area contributed by atoms with Gasteiger partial charge < -0.3 is 11.1 Å². The van der Waals surface area contributed by atoms with E-state index in [-0.39, 0.29) is 5.69 Å². The standard InChI is InChI=1S/C13H13F3N4O/c1-12(17,13(14,15)16)11(21)19-9-4-2-5-10(8-9)20-7-3-6-18-20/h2-8H,17H2,1H3,(H,19,21). The summed E-state index contributed by atoms with van der Waals surface area (Å²) in [5.41, 5.74) is 2.90. The lowest BCUT2D eigenvalue weighted by Gasteiger charge is -2.26. The Morgan fingerprint density at radius 1 is 1.33 bits per heavy atom. The Labute approximate surface area is 118 Å². The summed E-state index contributed by atoms with van der Waals surface area (Å²) in [4.78, 5) is 11.7. The van der Waals surface area contributed by atoms with Gasteiger partial charge in [0, 0.05) is 18.1 Å². The summed E-state index contributed by atoms with van der Waals surface area (Å²) >= 11 is 0. The number of nitrogens with zero attached hydrogens (tertiary/aromatic N) is 2. The van der Waals surface area contributed by atoms with Gasteiger partial charge >= 0.3 is 6.18 Å². The highest BCUT2D eigenvalue weighted by Gasteiger charge is 2.53. The molecule has 0 fully saturated rings. The van der Waals surface area contributed by atoms with Gasteiger partial charge in [-0.1, -0.05) is 6.07 Å². The summed E-state index contributed by atoms with van der Waals surface area (Å²) in [7, 11) is 0. The minimum absolute atomic E-state index is 0.203. The summed E-state index contributed by atoms with van der Waals surface area (Å²) < 4.78 is 39.6. The molecule has 5 nitrogen and oxygen atoms in total. The van der Waals surface area contributed by atoms with Crippen LogP contribution in [0.4, 0.5) is 18.9 Å². The van der Waals surface area contributed by atoms with Gasteiger partial charge in [0.1, 0.15) is 0 Å². The molecule has 2 aromatic rings. The van der Waals surface area contributed by atoms with Gasteiger partial charge in [-0.25, -0.2) is 4.68 Å². The molecule has 2 rings (SSSR count). The van der Waals surface area contributed by atoms with Gasteiger partial charge in [0.15, 0.2) is 5.54 Å². The van der Waals surface area contributed by atoms with Crippen LogP contribution in [0.5, 0.6) is 0 Å². The van der Waals surface area contributed by atoms with E-state index in [2.05, 4.69) is 10.4 Å². The van der Waals surface area contributed by atoms with Crippen molar-refractivity contribution >= 4 is 11.6 Å². The highest BCUT2D eigenvalue weighted by Crippen LogP contribution is 2.29. The monoisotopic (exact) mass is 298 g/mol. The second-order valence-corrected chi connectivity index (χ2v) is 4.66. The highest BCUT2D eigenvalue weighted by atomic mass is 19.4. The summed E-state index contributed by atoms with van der Waals surface area (Å²) in [6.45, 7) is 0.625. The Morgan fingerprint density at radius 3 is 2.62 bits per heavy atom. The summed E-state index contributed by atoms with van der Waals surface area (Å²) in [6, 6.07) is 7.96. The molecule has 1 atom stereocenters. The molecule has 0 spiro atoms. The van der Waals surface area contributed by atoms with E-state index < -0.39 is 17.6 Å². The molecule has 21 heavy (non-hydrogen) atoms. The number of nitrogens with two attached hydrogens (primary N) is 1. The predicted octanol–water partition coefficient (Wildman–Crippen LogP) is 2.09. The van der Waals surface area contributed by atoms with Crippen LogP contribution in [0, 0.1) is 0 Å². The second-order valence-electron chi connectivity index (χ2n) is 4.66. The number of benzene rings is 1. The molecule has 3 N–H and O–H groups in total. The molecule has 1 aromatic heterocycles. The molecule has 0 saturated carbocycles. The summed E-state index contributed by atoms with van der Waals surface area (Å²) in [6.07, 6.45) is -1.60. The van der Waals surface area contributed by atoms with E-state index >= 15 is 0 Å². The fraction of sp³-hybridized carbons (Fsp3) is 0.231. The third-order valence-corrected chi connectivity index (χ3v) is 2.93. The maximum atomic E-state index is 12.7. The van der Waals surface area contributed by atoms with Gasteiger partial charge in [0.2, 0.25) is 0 Å². The zero-order chi connectivity index (χ0) is 15.7. The first kappa shape index (κ1) is 15.0. The van der Waals surface area contributed by atoms with Gasteiger partial charge in [0.05, 0.1) is 5.69 Å². The van der Waals surface area contributed by atoms with E-state index in [1.54, 1.807) is 30.6 Å². The molecule has 112 valence electrons. The summed E-state index contributed by atoms with van der Waals surface area (Å²) in [5, 5.41) is 6.16. The maximum Gasteiger partial charge on any atom is 0.415 e. The van der Waals surface area contributed by atoms with Crippen LogP contribution in [0.1, 0.15) is 6.92 Å². The number of hydrogen-bond acceptors (Lipinski definition) is 3. The first-order chi connectivity index (χ1) is 9.72. The van der Waals surface area contributed by atoms with Gasteiger partial charge in [-0.05, 0) is 31.2 Å². The van der Waals surface area contributed by atoms with Gasteiger partial charge in [0.25, 0.3) is 5.91 Å². The number of nitrogens with one attached hydrogen (secondary N) is 1. The highest BCUT2D eigenvalue weighted by molar-refractivity contribution is 5.98. The molecule has 1 amide bonds. The summed E-state index contributed by atoms with van der Waals surface area (Å²) in [5.74, 6) is -1.33. The quantitative estimate of drug-likeness (QED) is 0.911. The van der Waals surface area contributed by atoms with Crippen molar-refractivity contribution in [3.8, 4) is 5.69 Å². The van der Waals surface area contributed by atoms with E-state index in [1.165, 1.54) is 16.8 Å². The van der Waals surface area contributed by atoms with Gasteiger partial charge in [-0.15, -0.1) is 0 Å². The molecule has 8 heteroatoms. The van der Waals surface area contributed by atoms with Crippen LogP contribution in [-0.4, -0.2) is 27.4 Å². The molecular weight excluding hydrogens is 285 g/mol. The zero-order valence-corrected chi connectivity index (χ0v) is 11.1. The molecule has 1 heterocycles. The number of carbonyl (C=O) groups excluding carboxylic acids is 1. The van der Waals surface area contributed by atoms with E-state index in [0.29, 0.717) is 12.6 Å². The number of anilines is 1. The molecule has 0 aliphatic heterocycles. The number of alkyl halides is 3. The van der Waals surface area contributed by atoms with E-state index in [1.807, 2.05) is 0 Å². The normalized spacial score (nSPS) is 14.5. The number of halogens is 3. The van der Waals surface area contributed by atoms with Crippen LogP contribution in [0.3, 0.4) is 0 Å². The van der Waals surface area contributed by atoms with Crippen molar-refractivity contribution in [3.05, 3.63) is 42.7 Å². The molecule has 1 unspecified atom stereocenters. The first-order valence-corrected chi connectivity index (χ1v) is 5.99. The number of hydrogen-bond donors (Lipinski definition) is 2. The fourth-order valence-corrected chi connectivity index (χ4v) is 1.54. The first-order valence-electron chi connectivity index (χ1n) is 5.99. The molecule has 0 radical (unpaired) electrons. The van der Waals surface area contributed by atoms with Crippen LogP contribution in [0.25, 0.3) is 5.69 Å². The van der Waals surface area contributed by atoms with E-state index in [4.69, 9.17) is 5.73 Å². The van der Waals surface area contributed by atoms with Crippen LogP contribution < -0.4 is 11.1 Å². The van der Waals surface area contributed by atoms with E-state index in [0.717, 1.165) is 0 Å². The number of rotatable bonds is 3.